The van der Waals surface area contributed by atoms with Gasteiger partial charge in [-0.25, -0.2) is 27.1 Å². The molecular weight excluding hydrogens is 481 g/mol. The van der Waals surface area contributed by atoms with Crippen LogP contribution in [0.5, 0.6) is 0 Å². The number of rotatable bonds is 4. The number of anilines is 2. The topological polar surface area (TPSA) is 109 Å². The van der Waals surface area contributed by atoms with Crippen LogP contribution in [-0.4, -0.2) is 19.5 Å². The quantitative estimate of drug-likeness (QED) is 0.572. The highest BCUT2D eigenvalue weighted by atomic mass is 127. The molecule has 0 fully saturated rings. The minimum absolute atomic E-state index is 0.112. The number of hydrogen-bond donors (Lipinski definition) is 3. The molecule has 6 nitrogen and oxygen atoms in total. The van der Waals surface area contributed by atoms with E-state index in [1.165, 1.54) is 12.1 Å². The molecule has 4 N–H and O–H groups in total. The van der Waals surface area contributed by atoms with E-state index in [0.717, 1.165) is 3.57 Å². The van der Waals surface area contributed by atoms with Crippen LogP contribution < -0.4 is 10.5 Å². The molecule has 0 radical (unpaired) electrons. The van der Waals surface area contributed by atoms with Crippen LogP contribution in [0.2, 0.25) is 5.02 Å². The molecule has 0 unspecified atom stereocenters. The number of carbonyl (C=O) groups is 1. The minimum Gasteiger partial charge on any atom is -0.478 e. The summed E-state index contributed by atoms with van der Waals surface area (Å²) in [5, 5.41) is 16.4. The average Bonchev–Trinajstić information content (AvgIpc) is 2.44. The second kappa shape index (κ2) is 6.78. The SMILES string of the molecule is NS(=O)(=O)c1cc(C(=O)O)c(Nc2ccc(I)cc2Cl)c(F)c1F. The van der Waals surface area contributed by atoms with E-state index in [4.69, 9.17) is 21.8 Å². The molecule has 0 bridgehead atoms. The molecule has 2 rings (SSSR count). The summed E-state index contributed by atoms with van der Waals surface area (Å²) in [6, 6.07) is 4.99. The highest BCUT2D eigenvalue weighted by molar-refractivity contribution is 14.1. The zero-order valence-electron chi connectivity index (χ0n) is 11.5. The molecule has 0 heterocycles. The zero-order valence-corrected chi connectivity index (χ0v) is 15.2. The average molecular weight is 489 g/mol. The van der Waals surface area contributed by atoms with Crippen LogP contribution in [0.25, 0.3) is 0 Å². The Morgan fingerprint density at radius 1 is 1.25 bits per heavy atom. The lowest BCUT2D eigenvalue weighted by Crippen LogP contribution is -2.18. The predicted octanol–water partition coefficient (Wildman–Crippen LogP) is 3.31. The van der Waals surface area contributed by atoms with Gasteiger partial charge >= 0.3 is 5.97 Å². The Balaban J connectivity index is 2.69. The standard InChI is InChI=1S/C13H8ClF2IN2O4S/c14-7-3-5(17)1-2-8(7)19-12-6(13(20)21)4-9(24(18,22)23)10(15)11(12)16/h1-4,19H,(H,20,21)(H2,18,22,23). The van der Waals surface area contributed by atoms with E-state index < -0.39 is 43.8 Å². The van der Waals surface area contributed by atoms with Crippen LogP contribution >= 0.6 is 34.2 Å². The summed E-state index contributed by atoms with van der Waals surface area (Å²) in [6.45, 7) is 0. The van der Waals surface area contributed by atoms with Crippen molar-refractivity contribution in [3.8, 4) is 0 Å². The zero-order chi connectivity index (χ0) is 18.2. The number of nitrogens with one attached hydrogen (secondary N) is 1. The van der Waals surface area contributed by atoms with Gasteiger partial charge in [-0.05, 0) is 46.9 Å². The van der Waals surface area contributed by atoms with Crippen LogP contribution in [0, 0.1) is 15.2 Å². The van der Waals surface area contributed by atoms with Crippen molar-refractivity contribution in [2.24, 2.45) is 5.14 Å². The molecule has 0 aliphatic heterocycles. The summed E-state index contributed by atoms with van der Waals surface area (Å²) in [5.41, 5.74) is -1.47. The van der Waals surface area contributed by atoms with E-state index in [-0.39, 0.29) is 10.7 Å². The van der Waals surface area contributed by atoms with E-state index in [1.807, 2.05) is 22.6 Å². The van der Waals surface area contributed by atoms with Gasteiger partial charge in [0.15, 0.2) is 11.6 Å². The van der Waals surface area contributed by atoms with Gasteiger partial charge in [0.05, 0.1) is 22.0 Å². The van der Waals surface area contributed by atoms with E-state index in [1.54, 1.807) is 6.07 Å². The highest BCUT2D eigenvalue weighted by Gasteiger charge is 2.27. The first-order chi connectivity index (χ1) is 11.0. The van der Waals surface area contributed by atoms with Crippen molar-refractivity contribution in [1.82, 2.24) is 0 Å². The van der Waals surface area contributed by atoms with Crippen LogP contribution in [0.15, 0.2) is 29.2 Å². The van der Waals surface area contributed by atoms with Crippen LogP contribution in [0.4, 0.5) is 20.2 Å². The molecule has 0 aliphatic rings. The Labute approximate surface area is 153 Å². The normalized spacial score (nSPS) is 11.4. The maximum Gasteiger partial charge on any atom is 0.337 e. The Kier molecular flexibility index (Phi) is 5.32. The number of carboxylic acids is 1. The molecule has 0 amide bonds. The van der Waals surface area contributed by atoms with Crippen LogP contribution in [-0.2, 0) is 10.0 Å². The van der Waals surface area contributed by atoms with Crippen molar-refractivity contribution in [3.05, 3.63) is 50.1 Å². The Hall–Kier alpha value is -1.50. The summed E-state index contributed by atoms with van der Waals surface area (Å²) in [5.74, 6) is -5.16. The Bertz CT molecular complexity index is 953. The summed E-state index contributed by atoms with van der Waals surface area (Å²) in [6.07, 6.45) is 0. The maximum atomic E-state index is 14.2. The number of primary sulfonamides is 1. The Morgan fingerprint density at radius 3 is 2.38 bits per heavy atom. The van der Waals surface area contributed by atoms with Crippen molar-refractivity contribution in [3.63, 3.8) is 0 Å². The van der Waals surface area contributed by atoms with Crippen LogP contribution in [0.1, 0.15) is 10.4 Å². The predicted molar refractivity (Wildman–Crippen MR) is 92.1 cm³/mol. The molecule has 0 spiro atoms. The fourth-order valence-electron chi connectivity index (χ4n) is 1.83. The molecule has 2 aromatic carbocycles. The van der Waals surface area contributed by atoms with Crippen molar-refractivity contribution in [2.45, 2.75) is 4.90 Å². The summed E-state index contributed by atoms with van der Waals surface area (Å²) in [4.78, 5) is 10.0. The smallest absolute Gasteiger partial charge is 0.337 e. The van der Waals surface area contributed by atoms with Gasteiger partial charge in [0, 0.05) is 3.57 Å². The van der Waals surface area contributed by atoms with Gasteiger partial charge in [-0.1, -0.05) is 11.6 Å². The highest BCUT2D eigenvalue weighted by Crippen LogP contribution is 2.33. The number of nitrogens with two attached hydrogens (primary N) is 1. The second-order valence-electron chi connectivity index (χ2n) is 4.52. The number of aromatic carboxylic acids is 1. The van der Waals surface area contributed by atoms with Gasteiger partial charge in [0.25, 0.3) is 0 Å². The molecule has 0 aromatic heterocycles. The fourth-order valence-corrected chi connectivity index (χ4v) is 3.35. The van der Waals surface area contributed by atoms with E-state index >= 15 is 0 Å². The summed E-state index contributed by atoms with van der Waals surface area (Å²) < 4.78 is 51.5. The first kappa shape index (κ1) is 18.8. The molecular formula is C13H8ClF2IN2O4S. The summed E-state index contributed by atoms with van der Waals surface area (Å²) in [7, 11) is -4.65. The number of carboxylic acid groups (broad SMARTS) is 1. The molecule has 11 heteroatoms. The molecule has 0 aliphatic carbocycles. The van der Waals surface area contributed by atoms with Gasteiger partial charge in [-0.15, -0.1) is 0 Å². The summed E-state index contributed by atoms with van der Waals surface area (Å²) >= 11 is 7.94. The number of halogens is 4. The van der Waals surface area contributed by atoms with E-state index in [0.29, 0.717) is 6.07 Å². The third-order valence-electron chi connectivity index (χ3n) is 2.90. The van der Waals surface area contributed by atoms with Crippen molar-refractivity contribution >= 4 is 61.6 Å². The van der Waals surface area contributed by atoms with Crippen LogP contribution in [0.3, 0.4) is 0 Å². The Morgan fingerprint density at radius 2 is 1.88 bits per heavy atom. The van der Waals surface area contributed by atoms with Gasteiger partial charge in [-0.2, -0.15) is 0 Å². The molecule has 128 valence electrons. The van der Waals surface area contributed by atoms with Crippen molar-refractivity contribution < 1.29 is 27.1 Å². The number of hydrogen-bond acceptors (Lipinski definition) is 4. The third kappa shape index (κ3) is 3.77. The van der Waals surface area contributed by atoms with Gasteiger partial charge < -0.3 is 10.4 Å². The third-order valence-corrected chi connectivity index (χ3v) is 4.79. The van der Waals surface area contributed by atoms with Gasteiger partial charge in [0.1, 0.15) is 4.90 Å². The number of benzene rings is 2. The molecule has 0 saturated carbocycles. The van der Waals surface area contributed by atoms with Crippen molar-refractivity contribution in [1.29, 1.82) is 0 Å². The number of sulfonamides is 1. The lowest BCUT2D eigenvalue weighted by atomic mass is 10.1. The van der Waals surface area contributed by atoms with Gasteiger partial charge in [-0.3, -0.25) is 0 Å². The lowest BCUT2D eigenvalue weighted by Gasteiger charge is -2.14. The van der Waals surface area contributed by atoms with E-state index in [9.17, 15) is 22.0 Å². The van der Waals surface area contributed by atoms with Crippen molar-refractivity contribution in [2.75, 3.05) is 5.32 Å². The fraction of sp³-hybridized carbons (Fsp3) is 0. The maximum absolute atomic E-state index is 14.2. The molecule has 0 saturated heterocycles. The molecule has 0 atom stereocenters. The van der Waals surface area contributed by atoms with E-state index in [2.05, 4.69) is 5.32 Å². The molecule has 24 heavy (non-hydrogen) atoms. The monoisotopic (exact) mass is 488 g/mol. The van der Waals surface area contributed by atoms with Gasteiger partial charge in [0.2, 0.25) is 10.0 Å². The minimum atomic E-state index is -4.65. The second-order valence-corrected chi connectivity index (χ2v) is 7.71. The molecule has 2 aromatic rings. The largest absolute Gasteiger partial charge is 0.478 e. The first-order valence-corrected chi connectivity index (χ1v) is 9.03. The first-order valence-electron chi connectivity index (χ1n) is 6.02. The lowest BCUT2D eigenvalue weighted by molar-refractivity contribution is 0.0697.